The summed E-state index contributed by atoms with van der Waals surface area (Å²) in [7, 11) is 0. The van der Waals surface area contributed by atoms with E-state index in [1.807, 2.05) is 5.43 Å². The highest BCUT2D eigenvalue weighted by Gasteiger charge is 2.29. The molecule has 1 rings (SSSR count). The fourth-order valence-electron chi connectivity index (χ4n) is 1.87. The number of carbonyl (C=O) groups is 3. The Labute approximate surface area is 117 Å². The zero-order valence-corrected chi connectivity index (χ0v) is 11.9. The predicted octanol–water partition coefficient (Wildman–Crippen LogP) is 0.932. The van der Waals surface area contributed by atoms with Gasteiger partial charge >= 0.3 is 12.2 Å². The first-order valence-electron chi connectivity index (χ1n) is 6.46. The molecule has 20 heavy (non-hydrogen) atoms. The molecule has 0 bridgehead atoms. The smallest absolute Gasteiger partial charge is 0.423 e. The van der Waals surface area contributed by atoms with E-state index in [1.54, 1.807) is 25.7 Å². The molecule has 0 unspecified atom stereocenters. The van der Waals surface area contributed by atoms with Crippen molar-refractivity contribution in [3.8, 4) is 0 Å². The lowest BCUT2D eigenvalue weighted by molar-refractivity contribution is -0.127. The summed E-state index contributed by atoms with van der Waals surface area (Å²) >= 11 is 0. The van der Waals surface area contributed by atoms with Crippen LogP contribution >= 0.6 is 0 Å². The Bertz CT molecular complexity index is 383. The molecule has 0 saturated carbocycles. The fourth-order valence-corrected chi connectivity index (χ4v) is 1.87. The van der Waals surface area contributed by atoms with Crippen LogP contribution in [0.4, 0.5) is 9.59 Å². The molecule has 114 valence electrons. The lowest BCUT2D eigenvalue weighted by atomic mass is 9.96. The molecule has 1 aliphatic heterocycles. The van der Waals surface area contributed by atoms with Gasteiger partial charge in [-0.2, -0.15) is 0 Å². The molecule has 8 heteroatoms. The number of rotatable bonds is 1. The van der Waals surface area contributed by atoms with Gasteiger partial charge in [-0.15, -0.1) is 0 Å². The Balaban J connectivity index is 2.38. The zero-order chi connectivity index (χ0) is 15.3. The van der Waals surface area contributed by atoms with Gasteiger partial charge in [0, 0.05) is 19.0 Å². The molecule has 0 aromatic carbocycles. The topological polar surface area (TPSA) is 108 Å². The molecule has 1 fully saturated rings. The van der Waals surface area contributed by atoms with Crippen molar-refractivity contribution in [1.29, 1.82) is 0 Å². The second-order valence-electron chi connectivity index (χ2n) is 5.66. The number of amides is 3. The van der Waals surface area contributed by atoms with Crippen LogP contribution in [-0.4, -0.2) is 46.8 Å². The van der Waals surface area contributed by atoms with Gasteiger partial charge in [-0.25, -0.2) is 15.0 Å². The molecule has 0 aliphatic carbocycles. The number of hydrogen-bond acceptors (Lipinski definition) is 4. The predicted molar refractivity (Wildman–Crippen MR) is 69.8 cm³/mol. The molecule has 0 atom stereocenters. The van der Waals surface area contributed by atoms with Crippen LogP contribution in [0.15, 0.2) is 0 Å². The number of hydrogen-bond donors (Lipinski definition) is 3. The van der Waals surface area contributed by atoms with Gasteiger partial charge in [-0.05, 0) is 33.6 Å². The van der Waals surface area contributed by atoms with E-state index in [4.69, 9.17) is 9.84 Å². The SMILES string of the molecule is CC(C)(C)OC(=O)N1CCC(C(=O)NNC(=O)O)CC1. The first-order valence-corrected chi connectivity index (χ1v) is 6.46. The lowest BCUT2D eigenvalue weighted by Crippen LogP contribution is -2.48. The van der Waals surface area contributed by atoms with Gasteiger partial charge in [0.1, 0.15) is 5.60 Å². The molecule has 1 heterocycles. The number of ether oxygens (including phenoxy) is 1. The van der Waals surface area contributed by atoms with Crippen molar-refractivity contribution >= 4 is 18.1 Å². The molecular weight excluding hydrogens is 266 g/mol. The first kappa shape index (κ1) is 16.1. The van der Waals surface area contributed by atoms with Gasteiger partial charge in [0.05, 0.1) is 0 Å². The van der Waals surface area contributed by atoms with Gasteiger partial charge in [-0.3, -0.25) is 10.2 Å². The molecule has 3 N–H and O–H groups in total. The Morgan fingerprint density at radius 2 is 1.70 bits per heavy atom. The van der Waals surface area contributed by atoms with Crippen molar-refractivity contribution in [2.24, 2.45) is 5.92 Å². The highest BCUT2D eigenvalue weighted by Crippen LogP contribution is 2.19. The molecule has 0 spiro atoms. The zero-order valence-electron chi connectivity index (χ0n) is 11.9. The molecule has 3 amide bonds. The molecule has 0 aromatic rings. The molecule has 0 radical (unpaired) electrons. The number of carbonyl (C=O) groups excluding carboxylic acids is 2. The first-order chi connectivity index (χ1) is 9.19. The van der Waals surface area contributed by atoms with E-state index in [1.165, 1.54) is 0 Å². The summed E-state index contributed by atoms with van der Waals surface area (Å²) in [4.78, 5) is 35.3. The molecule has 0 aromatic heterocycles. The lowest BCUT2D eigenvalue weighted by Gasteiger charge is -2.32. The number of nitrogens with zero attached hydrogens (tertiary/aromatic N) is 1. The highest BCUT2D eigenvalue weighted by molar-refractivity contribution is 5.81. The number of piperidine rings is 1. The Hall–Kier alpha value is -1.99. The van der Waals surface area contributed by atoms with Crippen LogP contribution in [0.5, 0.6) is 0 Å². The van der Waals surface area contributed by atoms with Crippen LogP contribution in [0.2, 0.25) is 0 Å². The van der Waals surface area contributed by atoms with Gasteiger partial charge in [0.25, 0.3) is 0 Å². The van der Waals surface area contributed by atoms with Crippen molar-refractivity contribution in [1.82, 2.24) is 15.8 Å². The van der Waals surface area contributed by atoms with Gasteiger partial charge < -0.3 is 14.7 Å². The average molecular weight is 287 g/mol. The molecule has 1 saturated heterocycles. The van der Waals surface area contributed by atoms with Crippen LogP contribution in [0.3, 0.4) is 0 Å². The summed E-state index contributed by atoms with van der Waals surface area (Å²) in [6, 6.07) is 0. The van der Waals surface area contributed by atoms with Crippen molar-refractivity contribution in [3.63, 3.8) is 0 Å². The minimum atomic E-state index is -1.32. The standard InChI is InChI=1S/C12H21N3O5/c1-12(2,3)20-11(19)15-6-4-8(5-7-15)9(16)13-14-10(17)18/h8,14H,4-7H2,1-3H3,(H,13,16)(H,17,18). The van der Waals surface area contributed by atoms with E-state index in [0.29, 0.717) is 25.9 Å². The maximum atomic E-state index is 11.8. The second-order valence-corrected chi connectivity index (χ2v) is 5.66. The third-order valence-electron chi connectivity index (χ3n) is 2.81. The van der Waals surface area contributed by atoms with E-state index < -0.39 is 11.7 Å². The third-order valence-corrected chi connectivity index (χ3v) is 2.81. The summed E-state index contributed by atoms with van der Waals surface area (Å²) in [5.41, 5.74) is 3.39. The summed E-state index contributed by atoms with van der Waals surface area (Å²) in [6.45, 7) is 6.22. The van der Waals surface area contributed by atoms with Crippen LogP contribution in [0.1, 0.15) is 33.6 Å². The average Bonchev–Trinajstić information content (AvgIpc) is 2.34. The minimum absolute atomic E-state index is 0.305. The Kier molecular flexibility index (Phi) is 5.18. The quantitative estimate of drug-likeness (QED) is 0.622. The maximum Gasteiger partial charge on any atom is 0.423 e. The second kappa shape index (κ2) is 6.44. The van der Waals surface area contributed by atoms with Crippen molar-refractivity contribution in [2.75, 3.05) is 13.1 Å². The van der Waals surface area contributed by atoms with E-state index in [0.717, 1.165) is 0 Å². The van der Waals surface area contributed by atoms with Crippen LogP contribution in [0, 0.1) is 5.92 Å². The molecule has 8 nitrogen and oxygen atoms in total. The van der Waals surface area contributed by atoms with E-state index in [9.17, 15) is 14.4 Å². The summed E-state index contributed by atoms with van der Waals surface area (Å²) in [5.74, 6) is -0.684. The fraction of sp³-hybridized carbons (Fsp3) is 0.750. The summed E-state index contributed by atoms with van der Waals surface area (Å²) in [6.07, 6.45) is -0.747. The molecular formula is C12H21N3O5. The largest absolute Gasteiger partial charge is 0.464 e. The number of hydrazine groups is 1. The van der Waals surface area contributed by atoms with Crippen molar-refractivity contribution < 1.29 is 24.2 Å². The van der Waals surface area contributed by atoms with Crippen LogP contribution in [0.25, 0.3) is 0 Å². The maximum absolute atomic E-state index is 11.8. The van der Waals surface area contributed by atoms with Gasteiger partial charge in [0.2, 0.25) is 5.91 Å². The molecule has 1 aliphatic rings. The van der Waals surface area contributed by atoms with Gasteiger partial charge in [-0.1, -0.05) is 0 Å². The van der Waals surface area contributed by atoms with E-state index >= 15 is 0 Å². The Morgan fingerprint density at radius 1 is 1.15 bits per heavy atom. The normalized spacial score (nSPS) is 16.4. The number of carboxylic acid groups (broad SMARTS) is 1. The van der Waals surface area contributed by atoms with Gasteiger partial charge in [0.15, 0.2) is 0 Å². The number of likely N-dealkylation sites (tertiary alicyclic amines) is 1. The minimum Gasteiger partial charge on any atom is -0.464 e. The van der Waals surface area contributed by atoms with E-state index in [-0.39, 0.29) is 17.9 Å². The monoisotopic (exact) mass is 287 g/mol. The third kappa shape index (κ3) is 5.33. The van der Waals surface area contributed by atoms with Crippen molar-refractivity contribution in [3.05, 3.63) is 0 Å². The number of nitrogens with one attached hydrogen (secondary N) is 2. The van der Waals surface area contributed by atoms with Crippen LogP contribution in [-0.2, 0) is 9.53 Å². The Morgan fingerprint density at radius 3 is 2.15 bits per heavy atom. The highest BCUT2D eigenvalue weighted by atomic mass is 16.6. The summed E-state index contributed by atoms with van der Waals surface area (Å²) in [5, 5.41) is 8.39. The van der Waals surface area contributed by atoms with Crippen molar-refractivity contribution in [2.45, 2.75) is 39.2 Å². The summed E-state index contributed by atoms with van der Waals surface area (Å²) < 4.78 is 5.25. The van der Waals surface area contributed by atoms with E-state index in [2.05, 4.69) is 5.43 Å². The van der Waals surface area contributed by atoms with Crippen LogP contribution < -0.4 is 10.9 Å².